The predicted octanol–water partition coefficient (Wildman–Crippen LogP) is 3.99. The number of rotatable bonds is 5. The topological polar surface area (TPSA) is 43.4 Å². The summed E-state index contributed by atoms with van der Waals surface area (Å²) in [6.45, 7) is 0. The fraction of sp³-hybridized carbons (Fsp3) is 0.133. The van der Waals surface area contributed by atoms with Crippen LogP contribution >= 0.6 is 23.2 Å². The van der Waals surface area contributed by atoms with Gasteiger partial charge in [0, 0.05) is 10.5 Å². The number of hydrogen-bond donors (Lipinski definition) is 0. The third-order valence-corrected chi connectivity index (χ3v) is 4.85. The lowest BCUT2D eigenvalue weighted by molar-refractivity contribution is 0.102. The molecule has 0 fully saturated rings. The van der Waals surface area contributed by atoms with Crippen LogP contribution in [0, 0.1) is 0 Å². The fourth-order valence-corrected chi connectivity index (χ4v) is 3.10. The first-order valence-corrected chi connectivity index (χ1v) is 8.09. The molecule has 0 aliphatic rings. The number of methoxy groups -OCH3 is 1. The SMILES string of the molecule is COc1cccc(C(=O)CS(=O)c2ccc(Cl)c(Cl)c2)c1. The van der Waals surface area contributed by atoms with Crippen LogP contribution < -0.4 is 4.74 Å². The number of halogens is 2. The minimum Gasteiger partial charge on any atom is -0.497 e. The van der Waals surface area contributed by atoms with E-state index < -0.39 is 10.8 Å². The van der Waals surface area contributed by atoms with Crippen molar-refractivity contribution in [3.05, 3.63) is 58.1 Å². The Labute approximate surface area is 135 Å². The molecule has 0 radical (unpaired) electrons. The Hall–Kier alpha value is -1.36. The van der Waals surface area contributed by atoms with Gasteiger partial charge in [0.15, 0.2) is 5.78 Å². The molecule has 2 aromatic carbocycles. The first-order valence-electron chi connectivity index (χ1n) is 6.02. The summed E-state index contributed by atoms with van der Waals surface area (Å²) in [6.07, 6.45) is 0. The van der Waals surface area contributed by atoms with E-state index in [1.807, 2.05) is 0 Å². The Bertz CT molecular complexity index is 701. The van der Waals surface area contributed by atoms with Gasteiger partial charge >= 0.3 is 0 Å². The van der Waals surface area contributed by atoms with Gasteiger partial charge in [-0.1, -0.05) is 35.3 Å². The molecule has 1 unspecified atom stereocenters. The zero-order valence-electron chi connectivity index (χ0n) is 11.1. The molecule has 0 aliphatic carbocycles. The molecule has 0 saturated heterocycles. The van der Waals surface area contributed by atoms with Crippen molar-refractivity contribution in [2.24, 2.45) is 0 Å². The average molecular weight is 343 g/mol. The molecule has 2 rings (SSSR count). The van der Waals surface area contributed by atoms with Crippen LogP contribution in [0.5, 0.6) is 5.75 Å². The summed E-state index contributed by atoms with van der Waals surface area (Å²) in [6, 6.07) is 11.4. The highest BCUT2D eigenvalue weighted by molar-refractivity contribution is 7.85. The maximum absolute atomic E-state index is 12.2. The second-order valence-corrected chi connectivity index (χ2v) is 6.49. The molecule has 0 aromatic heterocycles. The van der Waals surface area contributed by atoms with E-state index in [1.54, 1.807) is 36.4 Å². The van der Waals surface area contributed by atoms with Crippen LogP contribution in [-0.2, 0) is 10.8 Å². The van der Waals surface area contributed by atoms with Gasteiger partial charge in [-0.05, 0) is 30.3 Å². The molecule has 0 N–H and O–H groups in total. The van der Waals surface area contributed by atoms with Crippen molar-refractivity contribution in [2.45, 2.75) is 4.90 Å². The second-order valence-electron chi connectivity index (χ2n) is 4.22. The minimum absolute atomic E-state index is 0.120. The van der Waals surface area contributed by atoms with E-state index in [-0.39, 0.29) is 11.5 Å². The lowest BCUT2D eigenvalue weighted by atomic mass is 10.1. The van der Waals surface area contributed by atoms with Crippen molar-refractivity contribution in [1.29, 1.82) is 0 Å². The molecule has 0 heterocycles. The average Bonchev–Trinajstić information content (AvgIpc) is 2.49. The van der Waals surface area contributed by atoms with E-state index in [9.17, 15) is 9.00 Å². The van der Waals surface area contributed by atoms with Crippen LogP contribution in [0.1, 0.15) is 10.4 Å². The van der Waals surface area contributed by atoms with E-state index in [2.05, 4.69) is 0 Å². The first-order chi connectivity index (χ1) is 10.0. The van der Waals surface area contributed by atoms with Crippen molar-refractivity contribution in [3.8, 4) is 5.75 Å². The Balaban J connectivity index is 2.14. The third kappa shape index (κ3) is 4.06. The van der Waals surface area contributed by atoms with Gasteiger partial charge in [-0.3, -0.25) is 9.00 Å². The summed E-state index contributed by atoms with van der Waals surface area (Å²) in [4.78, 5) is 12.6. The molecule has 1 atom stereocenters. The molecule has 0 amide bonds. The fourth-order valence-electron chi connectivity index (χ4n) is 1.70. The van der Waals surface area contributed by atoms with Crippen molar-refractivity contribution in [3.63, 3.8) is 0 Å². The Morgan fingerprint density at radius 2 is 1.90 bits per heavy atom. The molecule has 0 bridgehead atoms. The number of ether oxygens (including phenoxy) is 1. The van der Waals surface area contributed by atoms with Gasteiger partial charge in [0.05, 0.1) is 33.7 Å². The first kappa shape index (κ1) is 16.0. The lowest BCUT2D eigenvalue weighted by Crippen LogP contribution is -2.11. The molecule has 0 spiro atoms. The van der Waals surface area contributed by atoms with Gasteiger partial charge in [0.2, 0.25) is 0 Å². The highest BCUT2D eigenvalue weighted by atomic mass is 35.5. The lowest BCUT2D eigenvalue weighted by Gasteiger charge is -2.05. The van der Waals surface area contributed by atoms with Gasteiger partial charge in [-0.15, -0.1) is 0 Å². The summed E-state index contributed by atoms with van der Waals surface area (Å²) in [5, 5.41) is 0.702. The molecule has 2 aromatic rings. The maximum atomic E-state index is 12.2. The second kappa shape index (κ2) is 7.07. The Morgan fingerprint density at radius 1 is 1.14 bits per heavy atom. The van der Waals surface area contributed by atoms with Gasteiger partial charge in [-0.2, -0.15) is 0 Å². The van der Waals surface area contributed by atoms with E-state index in [1.165, 1.54) is 13.2 Å². The number of carbonyl (C=O) groups excluding carboxylic acids is 1. The summed E-state index contributed by atoms with van der Waals surface area (Å²) in [7, 11) is 0.0507. The van der Waals surface area contributed by atoms with Crippen LogP contribution in [0.2, 0.25) is 10.0 Å². The molecule has 21 heavy (non-hydrogen) atoms. The van der Waals surface area contributed by atoms with Gasteiger partial charge in [0.1, 0.15) is 5.75 Å². The number of hydrogen-bond acceptors (Lipinski definition) is 3. The van der Waals surface area contributed by atoms with Crippen molar-refractivity contribution in [2.75, 3.05) is 12.9 Å². The van der Waals surface area contributed by atoms with Crippen LogP contribution in [0.25, 0.3) is 0 Å². The largest absolute Gasteiger partial charge is 0.497 e. The van der Waals surface area contributed by atoms with Crippen LogP contribution in [0.15, 0.2) is 47.4 Å². The van der Waals surface area contributed by atoms with Gasteiger partial charge in [0.25, 0.3) is 0 Å². The van der Waals surface area contributed by atoms with Crippen molar-refractivity contribution in [1.82, 2.24) is 0 Å². The van der Waals surface area contributed by atoms with E-state index in [0.717, 1.165) is 0 Å². The standard InChI is InChI=1S/C15H12Cl2O3S/c1-20-11-4-2-3-10(7-11)15(18)9-21(19)12-5-6-13(16)14(17)8-12/h2-8H,9H2,1H3. The predicted molar refractivity (Wildman–Crippen MR) is 85.1 cm³/mol. The number of Topliss-reactive ketones (excluding diaryl/α,β-unsaturated/α-hetero) is 1. The zero-order chi connectivity index (χ0) is 15.4. The van der Waals surface area contributed by atoms with E-state index in [0.29, 0.717) is 26.3 Å². The van der Waals surface area contributed by atoms with E-state index >= 15 is 0 Å². The number of ketones is 1. The quantitative estimate of drug-likeness (QED) is 0.771. The monoisotopic (exact) mass is 342 g/mol. The van der Waals surface area contributed by atoms with Crippen LogP contribution in [-0.4, -0.2) is 22.9 Å². The van der Waals surface area contributed by atoms with Gasteiger partial charge < -0.3 is 4.74 Å². The number of carbonyl (C=O) groups is 1. The van der Waals surface area contributed by atoms with E-state index in [4.69, 9.17) is 27.9 Å². The third-order valence-electron chi connectivity index (χ3n) is 2.81. The summed E-state index contributed by atoms with van der Waals surface area (Å²) >= 11 is 11.7. The molecule has 0 aliphatic heterocycles. The normalized spacial score (nSPS) is 12.0. The molecular formula is C15H12Cl2O3S. The molecule has 0 saturated carbocycles. The molecular weight excluding hydrogens is 331 g/mol. The highest BCUT2D eigenvalue weighted by Crippen LogP contribution is 2.24. The van der Waals surface area contributed by atoms with Crippen molar-refractivity contribution < 1.29 is 13.7 Å². The Morgan fingerprint density at radius 3 is 2.57 bits per heavy atom. The molecule has 110 valence electrons. The molecule has 6 heteroatoms. The summed E-state index contributed by atoms with van der Waals surface area (Å²) in [5.74, 6) is 0.241. The Kier molecular flexibility index (Phi) is 5.39. The highest BCUT2D eigenvalue weighted by Gasteiger charge is 2.14. The minimum atomic E-state index is -1.47. The maximum Gasteiger partial charge on any atom is 0.175 e. The smallest absolute Gasteiger partial charge is 0.175 e. The number of benzene rings is 2. The summed E-state index contributed by atoms with van der Waals surface area (Å²) in [5.41, 5.74) is 0.461. The summed E-state index contributed by atoms with van der Waals surface area (Å²) < 4.78 is 17.3. The zero-order valence-corrected chi connectivity index (χ0v) is 13.5. The van der Waals surface area contributed by atoms with Gasteiger partial charge in [-0.25, -0.2) is 0 Å². The molecule has 3 nitrogen and oxygen atoms in total. The van der Waals surface area contributed by atoms with Crippen molar-refractivity contribution >= 4 is 39.8 Å². The van der Waals surface area contributed by atoms with Crippen LogP contribution in [0.3, 0.4) is 0 Å². The van der Waals surface area contributed by atoms with Crippen LogP contribution in [0.4, 0.5) is 0 Å².